The third-order valence-corrected chi connectivity index (χ3v) is 5.41. The number of hydrogen-bond acceptors (Lipinski definition) is 4. The minimum absolute atomic E-state index is 0.0201. The van der Waals surface area contributed by atoms with Gasteiger partial charge in [-0.25, -0.2) is 4.79 Å². The van der Waals surface area contributed by atoms with Gasteiger partial charge in [0.05, 0.1) is 13.2 Å². The number of ether oxygens (including phenoxy) is 1. The Morgan fingerprint density at radius 2 is 1.97 bits per heavy atom. The average Bonchev–Trinajstić information content (AvgIpc) is 3.10. The number of anilines is 3. The molecule has 3 amide bonds. The normalized spacial score (nSPS) is 15.8. The maximum Gasteiger partial charge on any atom is 0.319 e. The van der Waals surface area contributed by atoms with Crippen molar-refractivity contribution < 1.29 is 14.3 Å². The van der Waals surface area contributed by atoms with Gasteiger partial charge in [0.15, 0.2) is 0 Å². The van der Waals surface area contributed by atoms with Gasteiger partial charge in [0.1, 0.15) is 5.75 Å². The third-order valence-electron chi connectivity index (χ3n) is 5.41. The first-order valence-electron chi connectivity index (χ1n) is 10.3. The van der Waals surface area contributed by atoms with Crippen molar-refractivity contribution in [3.8, 4) is 5.75 Å². The zero-order valence-corrected chi connectivity index (χ0v) is 18.1. The highest BCUT2D eigenvalue weighted by molar-refractivity contribution is 5.98. The van der Waals surface area contributed by atoms with Gasteiger partial charge < -0.3 is 25.2 Å². The molecule has 1 fully saturated rings. The molecule has 2 aromatic carbocycles. The first kappa shape index (κ1) is 21.5. The van der Waals surface area contributed by atoms with E-state index < -0.39 is 0 Å². The van der Waals surface area contributed by atoms with Crippen LogP contribution >= 0.6 is 0 Å². The molecule has 30 heavy (non-hydrogen) atoms. The molecule has 0 spiro atoms. The van der Waals surface area contributed by atoms with Gasteiger partial charge in [0, 0.05) is 49.2 Å². The molecule has 7 nitrogen and oxygen atoms in total. The number of methoxy groups -OCH3 is 1. The fraction of sp³-hybridized carbons (Fsp3) is 0.391. The van der Waals surface area contributed by atoms with Crippen LogP contribution in [-0.2, 0) is 4.79 Å². The molecule has 160 valence electrons. The van der Waals surface area contributed by atoms with Crippen LogP contribution in [0.2, 0.25) is 0 Å². The Morgan fingerprint density at radius 3 is 2.63 bits per heavy atom. The Labute approximate surface area is 178 Å². The molecule has 1 saturated heterocycles. The molecule has 2 aromatic rings. The summed E-state index contributed by atoms with van der Waals surface area (Å²) in [6, 6.07) is 12.8. The van der Waals surface area contributed by atoms with Crippen LogP contribution in [0.3, 0.4) is 0 Å². The zero-order chi connectivity index (χ0) is 21.7. The van der Waals surface area contributed by atoms with Crippen LogP contribution in [0.25, 0.3) is 0 Å². The molecule has 0 unspecified atom stereocenters. The summed E-state index contributed by atoms with van der Waals surface area (Å²) < 4.78 is 5.24. The van der Waals surface area contributed by atoms with Crippen LogP contribution in [0, 0.1) is 6.92 Å². The molecule has 0 radical (unpaired) electrons. The predicted octanol–water partition coefficient (Wildman–Crippen LogP) is 3.78. The summed E-state index contributed by atoms with van der Waals surface area (Å²) in [5.74, 6) is 0.673. The predicted molar refractivity (Wildman–Crippen MR) is 121 cm³/mol. The van der Waals surface area contributed by atoms with Crippen LogP contribution in [0.15, 0.2) is 42.5 Å². The Kier molecular flexibility index (Phi) is 6.82. The smallest absolute Gasteiger partial charge is 0.319 e. The maximum absolute atomic E-state index is 12.5. The van der Waals surface area contributed by atoms with E-state index in [0.29, 0.717) is 12.3 Å². The molecule has 0 saturated carbocycles. The van der Waals surface area contributed by atoms with Crippen LogP contribution < -0.4 is 25.2 Å². The van der Waals surface area contributed by atoms with E-state index in [-0.39, 0.29) is 24.4 Å². The monoisotopic (exact) mass is 410 g/mol. The Balaban J connectivity index is 1.61. The quantitative estimate of drug-likeness (QED) is 0.729. The lowest BCUT2D eigenvalue weighted by Crippen LogP contribution is -2.39. The Morgan fingerprint density at radius 1 is 1.20 bits per heavy atom. The SMILES string of the molecule is CCN(CC)c1ccc(NC(=O)N[C@H]2CC(=O)N(c3cccc(OC)c3)C2)c(C)c1. The van der Waals surface area contributed by atoms with Crippen LogP contribution in [0.1, 0.15) is 25.8 Å². The van der Waals surface area contributed by atoms with Gasteiger partial charge >= 0.3 is 6.03 Å². The van der Waals surface area contributed by atoms with Crippen molar-refractivity contribution in [3.63, 3.8) is 0 Å². The van der Waals surface area contributed by atoms with Crippen molar-refractivity contribution in [2.75, 3.05) is 41.9 Å². The molecule has 0 bridgehead atoms. The molecule has 7 heteroatoms. The second kappa shape index (κ2) is 9.52. The number of amides is 3. The molecule has 2 N–H and O–H groups in total. The van der Waals surface area contributed by atoms with E-state index in [0.717, 1.165) is 35.7 Å². The number of nitrogens with one attached hydrogen (secondary N) is 2. The summed E-state index contributed by atoms with van der Waals surface area (Å²) >= 11 is 0. The largest absolute Gasteiger partial charge is 0.497 e. The van der Waals surface area contributed by atoms with Gasteiger partial charge in [-0.3, -0.25) is 4.79 Å². The number of carbonyl (C=O) groups excluding carboxylic acids is 2. The van der Waals surface area contributed by atoms with Crippen molar-refractivity contribution in [3.05, 3.63) is 48.0 Å². The minimum Gasteiger partial charge on any atom is -0.497 e. The molecular formula is C23H30N4O3. The van der Waals surface area contributed by atoms with Crippen LogP contribution in [0.5, 0.6) is 5.75 Å². The van der Waals surface area contributed by atoms with Gasteiger partial charge in [0.25, 0.3) is 0 Å². The summed E-state index contributed by atoms with van der Waals surface area (Å²) in [5.41, 5.74) is 3.66. The van der Waals surface area contributed by atoms with E-state index in [1.165, 1.54) is 0 Å². The summed E-state index contributed by atoms with van der Waals surface area (Å²) in [7, 11) is 1.59. The zero-order valence-electron chi connectivity index (χ0n) is 18.1. The van der Waals surface area contributed by atoms with Gasteiger partial charge in [-0.05, 0) is 56.7 Å². The van der Waals surface area contributed by atoms with Gasteiger partial charge in [-0.1, -0.05) is 6.07 Å². The van der Waals surface area contributed by atoms with E-state index >= 15 is 0 Å². The second-order valence-electron chi connectivity index (χ2n) is 7.38. The number of hydrogen-bond donors (Lipinski definition) is 2. The lowest BCUT2D eigenvalue weighted by atomic mass is 10.1. The van der Waals surface area contributed by atoms with Crippen LogP contribution in [0.4, 0.5) is 21.9 Å². The lowest BCUT2D eigenvalue weighted by Gasteiger charge is -2.22. The molecule has 3 rings (SSSR count). The fourth-order valence-corrected chi connectivity index (χ4v) is 3.75. The molecule has 1 atom stereocenters. The number of aryl methyl sites for hydroxylation is 1. The van der Waals surface area contributed by atoms with Gasteiger partial charge in [0.2, 0.25) is 5.91 Å². The molecule has 1 heterocycles. The van der Waals surface area contributed by atoms with Crippen molar-refractivity contribution in [2.45, 2.75) is 33.2 Å². The number of benzene rings is 2. The van der Waals surface area contributed by atoms with Gasteiger partial charge in [-0.2, -0.15) is 0 Å². The van der Waals surface area contributed by atoms with Crippen molar-refractivity contribution in [2.24, 2.45) is 0 Å². The molecule has 0 aliphatic carbocycles. The highest BCUT2D eigenvalue weighted by atomic mass is 16.5. The molecule has 1 aliphatic rings. The average molecular weight is 411 g/mol. The summed E-state index contributed by atoms with van der Waals surface area (Å²) in [6.45, 7) is 8.52. The number of nitrogens with zero attached hydrogens (tertiary/aromatic N) is 2. The molecule has 1 aliphatic heterocycles. The van der Waals surface area contributed by atoms with E-state index in [2.05, 4.69) is 35.4 Å². The highest BCUT2D eigenvalue weighted by Gasteiger charge is 2.31. The topological polar surface area (TPSA) is 73.9 Å². The number of urea groups is 1. The van der Waals surface area contributed by atoms with Crippen molar-refractivity contribution in [1.29, 1.82) is 0 Å². The fourth-order valence-electron chi connectivity index (χ4n) is 3.75. The van der Waals surface area contributed by atoms with E-state index in [1.807, 2.05) is 43.3 Å². The minimum atomic E-state index is -0.306. The standard InChI is InChI=1S/C23H30N4O3/c1-5-26(6-2)18-10-11-21(16(3)12-18)25-23(29)24-17-13-22(28)27(15-17)19-8-7-9-20(14-19)30-4/h7-12,14,17H,5-6,13,15H2,1-4H3,(H2,24,25,29)/t17-/m0/s1. The molecular weight excluding hydrogens is 380 g/mol. The van der Waals surface area contributed by atoms with Crippen molar-refractivity contribution >= 4 is 29.0 Å². The first-order chi connectivity index (χ1) is 14.4. The summed E-state index contributed by atoms with van der Waals surface area (Å²) in [6.07, 6.45) is 0.268. The Bertz CT molecular complexity index is 911. The number of carbonyl (C=O) groups is 2. The van der Waals surface area contributed by atoms with Crippen LogP contribution in [-0.4, -0.2) is 44.7 Å². The van der Waals surface area contributed by atoms with E-state index in [9.17, 15) is 9.59 Å². The number of rotatable bonds is 7. The highest BCUT2D eigenvalue weighted by Crippen LogP contribution is 2.26. The third kappa shape index (κ3) is 4.84. The summed E-state index contributed by atoms with van der Waals surface area (Å²) in [5, 5.41) is 5.83. The van der Waals surface area contributed by atoms with Gasteiger partial charge in [-0.15, -0.1) is 0 Å². The Hall–Kier alpha value is -3.22. The lowest BCUT2D eigenvalue weighted by molar-refractivity contribution is -0.117. The molecule has 0 aromatic heterocycles. The van der Waals surface area contributed by atoms with Crippen molar-refractivity contribution in [1.82, 2.24) is 5.32 Å². The maximum atomic E-state index is 12.5. The van der Waals surface area contributed by atoms with E-state index in [1.54, 1.807) is 12.0 Å². The first-order valence-corrected chi connectivity index (χ1v) is 10.3. The second-order valence-corrected chi connectivity index (χ2v) is 7.38. The van der Waals surface area contributed by atoms with E-state index in [4.69, 9.17) is 4.74 Å². The summed E-state index contributed by atoms with van der Waals surface area (Å²) in [4.78, 5) is 28.9.